The largest absolute Gasteiger partial charge is 0.395 e. The quantitative estimate of drug-likeness (QED) is 0.589. The van der Waals surface area contributed by atoms with E-state index >= 15 is 0 Å². The third kappa shape index (κ3) is 5.71. The Kier molecular flexibility index (Phi) is 7.63. The lowest BCUT2D eigenvalue weighted by atomic mass is 9.96. The highest BCUT2D eigenvalue weighted by molar-refractivity contribution is 7.99. The molecule has 2 heterocycles. The number of nitrogens with zero attached hydrogens (tertiary/aromatic N) is 2. The van der Waals surface area contributed by atoms with E-state index in [-0.39, 0.29) is 18.4 Å². The highest BCUT2D eigenvalue weighted by atomic mass is 32.2. The van der Waals surface area contributed by atoms with Crippen LogP contribution < -0.4 is 10.2 Å². The molecule has 0 radical (unpaired) electrons. The smallest absolute Gasteiger partial charge is 0.223 e. The number of carbonyl (C=O) groups is 1. The lowest BCUT2D eigenvalue weighted by Crippen LogP contribution is -2.41. The van der Waals surface area contributed by atoms with Crippen molar-refractivity contribution < 1.29 is 18.3 Å². The van der Waals surface area contributed by atoms with Gasteiger partial charge in [0, 0.05) is 35.1 Å². The van der Waals surface area contributed by atoms with Gasteiger partial charge in [0.05, 0.1) is 22.9 Å². The summed E-state index contributed by atoms with van der Waals surface area (Å²) in [6.45, 7) is 3.88. The Hall–Kier alpha value is -2.07. The number of aliphatic hydroxyl groups excluding tert-OH is 1. The zero-order chi connectivity index (χ0) is 23.4. The first kappa shape index (κ1) is 24.1. The van der Waals surface area contributed by atoms with Crippen LogP contribution in [0, 0.1) is 5.92 Å². The number of likely N-dealkylation sites (tertiary alicyclic amines) is 1. The molecule has 0 atom stereocenters. The van der Waals surface area contributed by atoms with Crippen LogP contribution in [0.3, 0.4) is 0 Å². The lowest BCUT2D eigenvalue weighted by molar-refractivity contribution is -0.126. The molecule has 0 aliphatic carbocycles. The number of rotatable bonds is 8. The maximum absolute atomic E-state index is 12.1. The van der Waals surface area contributed by atoms with Gasteiger partial charge in [-0.15, -0.1) is 0 Å². The molecule has 0 unspecified atom stereocenters. The summed E-state index contributed by atoms with van der Waals surface area (Å²) in [6, 6.07) is 13.6. The topological polar surface area (TPSA) is 90.0 Å². The molecule has 1 fully saturated rings. The van der Waals surface area contributed by atoms with Gasteiger partial charge >= 0.3 is 0 Å². The first-order valence-corrected chi connectivity index (χ1v) is 14.1. The van der Waals surface area contributed by atoms with Crippen LogP contribution >= 0.6 is 11.8 Å². The fourth-order valence-corrected chi connectivity index (χ4v) is 6.34. The normalized spacial score (nSPS) is 16.8. The summed E-state index contributed by atoms with van der Waals surface area (Å²) in [6.07, 6.45) is 3.90. The third-order valence-corrected chi connectivity index (χ3v) is 8.47. The maximum atomic E-state index is 12.1. The molecular formula is C24H31N3O4S2. The van der Waals surface area contributed by atoms with Gasteiger partial charge in [0.15, 0.2) is 9.84 Å². The summed E-state index contributed by atoms with van der Waals surface area (Å²) >= 11 is 1.62. The predicted octanol–water partition coefficient (Wildman–Crippen LogP) is 2.90. The van der Waals surface area contributed by atoms with Crippen molar-refractivity contribution in [1.29, 1.82) is 0 Å². The van der Waals surface area contributed by atoms with Crippen LogP contribution in [0.2, 0.25) is 0 Å². The average Bonchev–Trinajstić information content (AvgIpc) is 2.81. The minimum absolute atomic E-state index is 0.0264. The highest BCUT2D eigenvalue weighted by Crippen LogP contribution is 2.48. The van der Waals surface area contributed by atoms with Crippen LogP contribution in [0.15, 0.2) is 57.2 Å². The van der Waals surface area contributed by atoms with E-state index in [0.717, 1.165) is 66.6 Å². The van der Waals surface area contributed by atoms with Gasteiger partial charge in [-0.3, -0.25) is 4.79 Å². The van der Waals surface area contributed by atoms with Gasteiger partial charge in [0.2, 0.25) is 5.91 Å². The standard InChI is InChI=1S/C24H31N3O4S2/c1-33(30,31)19-7-8-21-23(17-19)32-22-6-3-2-5-20(22)27(21)13-4-12-26-14-9-18(10-15-26)24(29)25-11-16-28/h2-3,5-8,17-18,28H,4,9-16H2,1H3,(H,25,29). The van der Waals surface area contributed by atoms with Crippen molar-refractivity contribution in [2.24, 2.45) is 5.92 Å². The minimum Gasteiger partial charge on any atom is -0.395 e. The fourth-order valence-electron chi connectivity index (χ4n) is 4.48. The number of benzene rings is 2. The molecule has 33 heavy (non-hydrogen) atoms. The summed E-state index contributed by atoms with van der Waals surface area (Å²) in [4.78, 5) is 19.3. The Morgan fingerprint density at radius 3 is 2.55 bits per heavy atom. The second kappa shape index (κ2) is 10.5. The molecule has 2 aliphatic heterocycles. The number of aliphatic hydroxyl groups is 1. The van der Waals surface area contributed by atoms with Gasteiger partial charge in [-0.25, -0.2) is 8.42 Å². The summed E-state index contributed by atoms with van der Waals surface area (Å²) in [5.41, 5.74) is 2.20. The third-order valence-electron chi connectivity index (χ3n) is 6.25. The van der Waals surface area contributed by atoms with Crippen molar-refractivity contribution in [3.8, 4) is 0 Å². The SMILES string of the molecule is CS(=O)(=O)c1ccc2c(c1)Sc1ccccc1N2CCCN1CCC(C(=O)NCCO)CC1. The molecule has 0 aromatic heterocycles. The number of anilines is 2. The summed E-state index contributed by atoms with van der Waals surface area (Å²) < 4.78 is 24.1. The minimum atomic E-state index is -3.26. The molecule has 1 amide bonds. The zero-order valence-electron chi connectivity index (χ0n) is 18.9. The molecule has 1 saturated heterocycles. The first-order valence-electron chi connectivity index (χ1n) is 11.4. The second-order valence-corrected chi connectivity index (χ2v) is 11.7. The van der Waals surface area contributed by atoms with Gasteiger partial charge in [0.1, 0.15) is 0 Å². The van der Waals surface area contributed by atoms with Crippen molar-refractivity contribution in [2.45, 2.75) is 33.9 Å². The molecule has 2 aliphatic rings. The number of amides is 1. The van der Waals surface area contributed by atoms with Crippen LogP contribution in [-0.2, 0) is 14.6 Å². The molecule has 2 aromatic carbocycles. The first-order chi connectivity index (χ1) is 15.9. The monoisotopic (exact) mass is 489 g/mol. The van der Waals surface area contributed by atoms with Gasteiger partial charge < -0.3 is 20.2 Å². The van der Waals surface area contributed by atoms with Crippen LogP contribution in [0.5, 0.6) is 0 Å². The number of fused-ring (bicyclic) bond motifs is 2. The number of hydrogen-bond donors (Lipinski definition) is 2. The molecule has 2 aromatic rings. The summed E-state index contributed by atoms with van der Waals surface area (Å²) in [7, 11) is -3.26. The van der Waals surface area contributed by atoms with E-state index in [4.69, 9.17) is 5.11 Å². The van der Waals surface area contributed by atoms with Crippen LogP contribution in [0.25, 0.3) is 0 Å². The second-order valence-electron chi connectivity index (χ2n) is 8.61. The fraction of sp³-hybridized carbons (Fsp3) is 0.458. The predicted molar refractivity (Wildman–Crippen MR) is 131 cm³/mol. The lowest BCUT2D eigenvalue weighted by Gasteiger charge is -2.35. The average molecular weight is 490 g/mol. The molecule has 9 heteroatoms. The van der Waals surface area contributed by atoms with Gasteiger partial charge in [-0.05, 0) is 69.2 Å². The molecule has 7 nitrogen and oxygen atoms in total. The Labute approximate surface area is 200 Å². The van der Waals surface area contributed by atoms with E-state index < -0.39 is 9.84 Å². The molecule has 0 spiro atoms. The van der Waals surface area contributed by atoms with Gasteiger partial charge in [-0.1, -0.05) is 23.9 Å². The van der Waals surface area contributed by atoms with E-state index in [0.29, 0.717) is 11.4 Å². The molecular weight excluding hydrogens is 458 g/mol. The van der Waals surface area contributed by atoms with Gasteiger partial charge in [0.25, 0.3) is 0 Å². The number of nitrogens with one attached hydrogen (secondary N) is 1. The number of carbonyl (C=O) groups excluding carboxylic acids is 1. The van der Waals surface area contributed by atoms with Crippen molar-refractivity contribution in [1.82, 2.24) is 10.2 Å². The Morgan fingerprint density at radius 2 is 1.82 bits per heavy atom. The van der Waals surface area contributed by atoms with Crippen LogP contribution in [0.4, 0.5) is 11.4 Å². The molecule has 2 N–H and O–H groups in total. The van der Waals surface area contributed by atoms with E-state index in [1.807, 2.05) is 18.2 Å². The van der Waals surface area contributed by atoms with E-state index in [2.05, 4.69) is 27.2 Å². The summed E-state index contributed by atoms with van der Waals surface area (Å²) in [5.74, 6) is 0.0888. The van der Waals surface area contributed by atoms with Crippen LogP contribution in [-0.4, -0.2) is 69.9 Å². The molecule has 0 bridgehead atoms. The number of piperidine rings is 1. The van der Waals surface area contributed by atoms with E-state index in [1.54, 1.807) is 23.9 Å². The maximum Gasteiger partial charge on any atom is 0.223 e. The van der Waals surface area contributed by atoms with Crippen molar-refractivity contribution in [2.75, 3.05) is 50.5 Å². The van der Waals surface area contributed by atoms with E-state index in [9.17, 15) is 13.2 Å². The van der Waals surface area contributed by atoms with E-state index in [1.165, 1.54) is 6.26 Å². The Bertz CT molecular complexity index is 1100. The molecule has 0 saturated carbocycles. The Morgan fingerprint density at radius 1 is 1.09 bits per heavy atom. The van der Waals surface area contributed by atoms with Crippen molar-refractivity contribution in [3.63, 3.8) is 0 Å². The van der Waals surface area contributed by atoms with Crippen LogP contribution in [0.1, 0.15) is 19.3 Å². The number of hydrogen-bond acceptors (Lipinski definition) is 7. The molecule has 178 valence electrons. The summed E-state index contributed by atoms with van der Waals surface area (Å²) in [5, 5.41) is 11.7. The number of sulfone groups is 1. The van der Waals surface area contributed by atoms with Gasteiger partial charge in [-0.2, -0.15) is 0 Å². The Balaban J connectivity index is 1.39. The highest BCUT2D eigenvalue weighted by Gasteiger charge is 2.26. The van der Waals surface area contributed by atoms with Crippen molar-refractivity contribution >= 4 is 38.9 Å². The molecule has 4 rings (SSSR count). The van der Waals surface area contributed by atoms with Crippen molar-refractivity contribution in [3.05, 3.63) is 42.5 Å². The number of para-hydroxylation sites is 1. The zero-order valence-corrected chi connectivity index (χ0v) is 20.5.